The lowest BCUT2D eigenvalue weighted by Crippen LogP contribution is -2.52. The molecule has 0 aromatic heterocycles. The summed E-state index contributed by atoms with van der Waals surface area (Å²) in [6, 6.07) is 6.63. The first kappa shape index (κ1) is 20.0. The highest BCUT2D eigenvalue weighted by atomic mass is 16.4. The Hall–Kier alpha value is -2.76. The molecule has 1 aromatic rings. The normalized spacial score (nSPS) is 26.0. The standard InChI is InChI=1S/C22H27N3O3/c1-21(2)11-12-22(3,4)19-18(21)23-13-17(24-19)16(25-28)10-7-14-5-8-15(9-6-14)20(26)27/h5-10,13,18-19,28H,11-12H2,1-4H3,(H,26,27)/b10-7+,25-16+. The second kappa shape index (κ2) is 7.34. The third kappa shape index (κ3) is 3.91. The average Bonchev–Trinajstić information content (AvgIpc) is 2.66. The SMILES string of the molecule is CC1(C)CCC(C)(C)C2N=C(C(/C=C/c3ccc(C(=O)O)cc3)=N/O)C=NC21. The summed E-state index contributed by atoms with van der Waals surface area (Å²) < 4.78 is 0. The summed E-state index contributed by atoms with van der Waals surface area (Å²) in [4.78, 5) is 20.7. The zero-order chi connectivity index (χ0) is 20.5. The Morgan fingerprint density at radius 3 is 2.29 bits per heavy atom. The number of aliphatic imine (C=N–C) groups is 2. The molecule has 0 saturated heterocycles. The Kier molecular flexibility index (Phi) is 5.24. The number of aromatic carboxylic acids is 1. The van der Waals surface area contributed by atoms with Gasteiger partial charge in [-0.3, -0.25) is 9.98 Å². The molecule has 6 heteroatoms. The van der Waals surface area contributed by atoms with Gasteiger partial charge in [-0.05, 0) is 47.4 Å². The first-order valence-electron chi connectivity index (χ1n) is 9.49. The smallest absolute Gasteiger partial charge is 0.335 e. The zero-order valence-corrected chi connectivity index (χ0v) is 16.8. The summed E-state index contributed by atoms with van der Waals surface area (Å²) in [6.07, 6.45) is 7.32. The van der Waals surface area contributed by atoms with Crippen LogP contribution in [0.5, 0.6) is 0 Å². The number of carbonyl (C=O) groups is 1. The van der Waals surface area contributed by atoms with Gasteiger partial charge >= 0.3 is 5.97 Å². The van der Waals surface area contributed by atoms with Gasteiger partial charge in [0.15, 0.2) is 0 Å². The number of hydrogen-bond acceptors (Lipinski definition) is 5. The molecule has 1 aromatic carbocycles. The molecule has 2 atom stereocenters. The van der Waals surface area contributed by atoms with Crippen LogP contribution in [0.4, 0.5) is 0 Å². The van der Waals surface area contributed by atoms with E-state index in [-0.39, 0.29) is 28.5 Å². The molecule has 0 radical (unpaired) electrons. The first-order valence-corrected chi connectivity index (χ1v) is 9.49. The number of benzene rings is 1. The Morgan fingerprint density at radius 1 is 1.11 bits per heavy atom. The predicted molar refractivity (Wildman–Crippen MR) is 112 cm³/mol. The fraction of sp³-hybridized carbons (Fsp3) is 0.455. The zero-order valence-electron chi connectivity index (χ0n) is 16.8. The lowest BCUT2D eigenvalue weighted by Gasteiger charge is -2.49. The van der Waals surface area contributed by atoms with Crippen LogP contribution >= 0.6 is 0 Å². The Balaban J connectivity index is 1.84. The van der Waals surface area contributed by atoms with Crippen LogP contribution < -0.4 is 0 Å². The van der Waals surface area contributed by atoms with Crippen molar-refractivity contribution in [1.82, 2.24) is 0 Å². The highest BCUT2D eigenvalue weighted by molar-refractivity contribution is 6.65. The van der Waals surface area contributed by atoms with E-state index in [1.165, 1.54) is 12.1 Å². The molecule has 1 saturated carbocycles. The van der Waals surface area contributed by atoms with Crippen molar-refractivity contribution in [3.63, 3.8) is 0 Å². The van der Waals surface area contributed by atoms with Crippen molar-refractivity contribution in [3.05, 3.63) is 41.5 Å². The number of allylic oxidation sites excluding steroid dienone is 1. The number of nitrogens with zero attached hydrogens (tertiary/aromatic N) is 3. The summed E-state index contributed by atoms with van der Waals surface area (Å²) in [7, 11) is 0. The molecular formula is C22H27N3O3. The topological polar surface area (TPSA) is 94.6 Å². The number of fused-ring (bicyclic) bond motifs is 1. The number of oxime groups is 1. The highest BCUT2D eigenvalue weighted by Gasteiger charge is 2.49. The number of hydrogen-bond donors (Lipinski definition) is 2. The summed E-state index contributed by atoms with van der Waals surface area (Å²) in [5.41, 5.74) is 2.04. The van der Waals surface area contributed by atoms with Crippen LogP contribution in [0.25, 0.3) is 6.08 Å². The predicted octanol–water partition coefficient (Wildman–Crippen LogP) is 4.34. The second-order valence-electron chi connectivity index (χ2n) is 8.91. The molecule has 2 N–H and O–H groups in total. The van der Waals surface area contributed by atoms with Crippen LogP contribution in [0.1, 0.15) is 56.5 Å². The minimum atomic E-state index is -0.964. The van der Waals surface area contributed by atoms with Gasteiger partial charge in [-0.2, -0.15) is 0 Å². The molecule has 2 unspecified atom stereocenters. The van der Waals surface area contributed by atoms with E-state index in [4.69, 9.17) is 15.1 Å². The van der Waals surface area contributed by atoms with Gasteiger partial charge < -0.3 is 10.3 Å². The van der Waals surface area contributed by atoms with Gasteiger partial charge in [0, 0.05) is 6.21 Å². The van der Waals surface area contributed by atoms with Crippen molar-refractivity contribution in [3.8, 4) is 0 Å². The van der Waals surface area contributed by atoms with Crippen LogP contribution in [0.15, 0.2) is 45.5 Å². The Labute approximate surface area is 165 Å². The van der Waals surface area contributed by atoms with Crippen molar-refractivity contribution in [2.45, 2.75) is 52.6 Å². The van der Waals surface area contributed by atoms with E-state index in [1.807, 2.05) is 0 Å². The summed E-state index contributed by atoms with van der Waals surface area (Å²) in [6.45, 7) is 8.91. The van der Waals surface area contributed by atoms with Gasteiger partial charge in [0.1, 0.15) is 11.4 Å². The largest absolute Gasteiger partial charge is 0.478 e. The fourth-order valence-electron chi connectivity index (χ4n) is 3.87. The molecule has 0 spiro atoms. The van der Waals surface area contributed by atoms with E-state index >= 15 is 0 Å². The van der Waals surface area contributed by atoms with Crippen molar-refractivity contribution >= 4 is 29.7 Å². The van der Waals surface area contributed by atoms with Gasteiger partial charge in [-0.1, -0.05) is 51.1 Å². The van der Waals surface area contributed by atoms with Crippen LogP contribution in [-0.2, 0) is 0 Å². The van der Waals surface area contributed by atoms with E-state index in [9.17, 15) is 10.0 Å². The molecule has 148 valence electrons. The van der Waals surface area contributed by atoms with Gasteiger partial charge in [0.25, 0.3) is 0 Å². The number of carboxylic acids is 1. The molecule has 1 fully saturated rings. The van der Waals surface area contributed by atoms with Crippen LogP contribution in [0.2, 0.25) is 0 Å². The van der Waals surface area contributed by atoms with Crippen molar-refractivity contribution in [1.29, 1.82) is 0 Å². The van der Waals surface area contributed by atoms with Gasteiger partial charge in [-0.25, -0.2) is 4.79 Å². The number of carboxylic acid groups (broad SMARTS) is 1. The molecule has 28 heavy (non-hydrogen) atoms. The van der Waals surface area contributed by atoms with E-state index in [2.05, 4.69) is 32.9 Å². The molecule has 3 rings (SSSR count). The molecule has 6 nitrogen and oxygen atoms in total. The third-order valence-electron chi connectivity index (χ3n) is 5.91. The molecule has 1 heterocycles. The van der Waals surface area contributed by atoms with E-state index < -0.39 is 5.97 Å². The maximum Gasteiger partial charge on any atom is 0.335 e. The quantitative estimate of drug-likeness (QED) is 0.461. The minimum absolute atomic E-state index is 0.0279. The van der Waals surface area contributed by atoms with Gasteiger partial charge in [0.05, 0.1) is 17.6 Å². The summed E-state index contributed by atoms with van der Waals surface area (Å²) in [5.74, 6) is -0.964. The third-order valence-corrected chi connectivity index (χ3v) is 5.91. The van der Waals surface area contributed by atoms with Crippen LogP contribution in [0.3, 0.4) is 0 Å². The molecule has 1 aliphatic carbocycles. The average molecular weight is 381 g/mol. The van der Waals surface area contributed by atoms with Crippen molar-refractivity contribution in [2.24, 2.45) is 26.0 Å². The Bertz CT molecular complexity index is 877. The van der Waals surface area contributed by atoms with Crippen molar-refractivity contribution in [2.75, 3.05) is 0 Å². The lowest BCUT2D eigenvalue weighted by molar-refractivity contribution is 0.0697. The van der Waals surface area contributed by atoms with Gasteiger partial charge in [0.2, 0.25) is 0 Å². The van der Waals surface area contributed by atoms with Crippen LogP contribution in [-0.4, -0.2) is 46.0 Å². The monoisotopic (exact) mass is 381 g/mol. The minimum Gasteiger partial charge on any atom is -0.478 e. The first-order chi connectivity index (χ1) is 13.1. The molecule has 0 bridgehead atoms. The van der Waals surface area contributed by atoms with E-state index in [0.717, 1.165) is 18.4 Å². The number of rotatable bonds is 4. The fourth-order valence-corrected chi connectivity index (χ4v) is 3.87. The molecule has 0 amide bonds. The molecule has 1 aliphatic heterocycles. The van der Waals surface area contributed by atoms with E-state index in [0.29, 0.717) is 11.4 Å². The molecule has 2 aliphatic rings. The molecular weight excluding hydrogens is 354 g/mol. The van der Waals surface area contributed by atoms with Gasteiger partial charge in [-0.15, -0.1) is 0 Å². The summed E-state index contributed by atoms with van der Waals surface area (Å²) in [5, 5.41) is 21.9. The lowest BCUT2D eigenvalue weighted by atomic mass is 9.60. The summed E-state index contributed by atoms with van der Waals surface area (Å²) >= 11 is 0. The maximum absolute atomic E-state index is 10.9. The Morgan fingerprint density at radius 2 is 1.71 bits per heavy atom. The van der Waals surface area contributed by atoms with E-state index in [1.54, 1.807) is 30.5 Å². The van der Waals surface area contributed by atoms with Crippen LogP contribution in [0, 0.1) is 10.8 Å². The maximum atomic E-state index is 10.9. The highest BCUT2D eigenvalue weighted by Crippen LogP contribution is 2.48. The van der Waals surface area contributed by atoms with Crippen molar-refractivity contribution < 1.29 is 15.1 Å². The second-order valence-corrected chi connectivity index (χ2v) is 8.91.